The van der Waals surface area contributed by atoms with E-state index < -0.39 is 15.9 Å². The molecule has 6 nitrogen and oxygen atoms in total. The van der Waals surface area contributed by atoms with Crippen LogP contribution in [0.25, 0.3) is 0 Å². The molecule has 9 heteroatoms. The number of benzene rings is 4. The lowest BCUT2D eigenvalue weighted by Gasteiger charge is -2.24. The van der Waals surface area contributed by atoms with E-state index in [1.165, 1.54) is 24.3 Å². The Bertz CT molecular complexity index is 1520. The van der Waals surface area contributed by atoms with E-state index >= 15 is 0 Å². The van der Waals surface area contributed by atoms with Crippen LogP contribution in [0.3, 0.4) is 0 Å². The molecule has 0 saturated carbocycles. The van der Waals surface area contributed by atoms with Crippen molar-refractivity contribution in [2.24, 2.45) is 0 Å². The van der Waals surface area contributed by atoms with Crippen molar-refractivity contribution in [1.29, 1.82) is 0 Å². The Hall–Kier alpha value is -4.24. The normalized spacial score (nSPS) is 11.2. The smallest absolute Gasteiger partial charge is 0.339 e. The van der Waals surface area contributed by atoms with Crippen LogP contribution in [0.15, 0.2) is 95.9 Å². The molecule has 0 fully saturated rings. The van der Waals surface area contributed by atoms with Crippen molar-refractivity contribution in [3.05, 3.63) is 125 Å². The van der Waals surface area contributed by atoms with Gasteiger partial charge >= 0.3 is 16.1 Å². The third-order valence-electron chi connectivity index (χ3n) is 6.03. The van der Waals surface area contributed by atoms with Gasteiger partial charge in [0.15, 0.2) is 0 Å². The molecule has 4 aromatic carbocycles. The molecule has 0 aliphatic heterocycles. The fourth-order valence-electron chi connectivity index (χ4n) is 3.74. The third-order valence-corrected chi connectivity index (χ3v) is 7.29. The first-order chi connectivity index (χ1) is 18.1. The zero-order valence-corrected chi connectivity index (χ0v) is 21.6. The number of carbonyl (C=O) groups is 1. The van der Waals surface area contributed by atoms with Gasteiger partial charge in [0.2, 0.25) is 0 Å². The van der Waals surface area contributed by atoms with Crippen LogP contribution in [-0.2, 0) is 23.2 Å². The van der Waals surface area contributed by atoms with Gasteiger partial charge < -0.3 is 14.4 Å². The average molecular weight is 537 g/mol. The third kappa shape index (κ3) is 6.74. The molecule has 0 aromatic heterocycles. The van der Waals surface area contributed by atoms with Crippen LogP contribution >= 0.6 is 0 Å². The van der Waals surface area contributed by atoms with Gasteiger partial charge in [-0.3, -0.25) is 0 Å². The second-order valence-corrected chi connectivity index (χ2v) is 10.3. The van der Waals surface area contributed by atoms with Gasteiger partial charge in [0.25, 0.3) is 0 Å². The zero-order valence-electron chi connectivity index (χ0n) is 20.8. The molecule has 38 heavy (non-hydrogen) atoms. The summed E-state index contributed by atoms with van der Waals surface area (Å²) in [5.41, 5.74) is 4.14. The van der Waals surface area contributed by atoms with Crippen LogP contribution in [0, 0.1) is 25.5 Å². The molecule has 0 unspecified atom stereocenters. The Labute approximate surface area is 220 Å². The van der Waals surface area contributed by atoms with Gasteiger partial charge in [0.1, 0.15) is 22.3 Å². The van der Waals surface area contributed by atoms with Gasteiger partial charge in [0.05, 0.1) is 0 Å². The Balaban J connectivity index is 1.52. The molecule has 0 spiro atoms. The second kappa shape index (κ2) is 11.4. The number of hydrogen-bond acceptors (Lipinski definition) is 4. The van der Waals surface area contributed by atoms with Crippen LogP contribution in [0.1, 0.15) is 22.3 Å². The molecular weight excluding hydrogens is 510 g/mol. The lowest BCUT2D eigenvalue weighted by Crippen LogP contribution is -2.34. The molecular formula is C29H26F2N2O4S. The molecule has 196 valence electrons. The molecule has 4 rings (SSSR count). The highest BCUT2D eigenvalue weighted by molar-refractivity contribution is 7.87. The quantitative estimate of drug-likeness (QED) is 0.258. The lowest BCUT2D eigenvalue weighted by molar-refractivity contribution is 0.206. The number of amides is 2. The minimum Gasteiger partial charge on any atom is -0.379 e. The standard InChI is InChI=1S/C29H26F2N2O4S/c1-20-4-3-5-28(21(20)2)32-29(34)33(18-22-6-10-24(30)11-7-22)19-23-8-14-26(15-9-23)37-38(35,36)27-16-12-25(31)13-17-27/h3-17H,18-19H2,1-2H3,(H,32,34). The van der Waals surface area contributed by atoms with E-state index in [1.54, 1.807) is 29.2 Å². The number of anilines is 1. The van der Waals surface area contributed by atoms with Crippen LogP contribution in [0.5, 0.6) is 5.75 Å². The van der Waals surface area contributed by atoms with Crippen molar-refractivity contribution in [1.82, 2.24) is 4.90 Å². The highest BCUT2D eigenvalue weighted by Crippen LogP contribution is 2.22. The zero-order chi connectivity index (χ0) is 27.3. The van der Waals surface area contributed by atoms with Gasteiger partial charge in [-0.2, -0.15) is 8.42 Å². The molecule has 0 aliphatic carbocycles. The number of aryl methyl sites for hydroxylation is 1. The van der Waals surface area contributed by atoms with Crippen LogP contribution in [0.4, 0.5) is 19.3 Å². The molecule has 0 heterocycles. The number of carbonyl (C=O) groups excluding carboxylic acids is 1. The largest absolute Gasteiger partial charge is 0.379 e. The molecule has 4 aromatic rings. The van der Waals surface area contributed by atoms with Crippen molar-refractivity contribution >= 4 is 21.8 Å². The lowest BCUT2D eigenvalue weighted by atomic mass is 10.1. The summed E-state index contributed by atoms with van der Waals surface area (Å²) in [4.78, 5) is 14.7. The monoisotopic (exact) mass is 536 g/mol. The SMILES string of the molecule is Cc1cccc(NC(=O)N(Cc2ccc(F)cc2)Cc2ccc(OS(=O)(=O)c3ccc(F)cc3)cc2)c1C. The van der Waals surface area contributed by atoms with E-state index in [-0.39, 0.29) is 35.6 Å². The maximum absolute atomic E-state index is 13.4. The predicted octanol–water partition coefficient (Wildman–Crippen LogP) is 6.58. The van der Waals surface area contributed by atoms with Crippen molar-refractivity contribution in [2.75, 3.05) is 5.32 Å². The predicted molar refractivity (Wildman–Crippen MR) is 141 cm³/mol. The number of nitrogens with zero attached hydrogens (tertiary/aromatic N) is 1. The van der Waals surface area contributed by atoms with Gasteiger partial charge in [-0.05, 0) is 90.7 Å². The van der Waals surface area contributed by atoms with Crippen LogP contribution in [-0.4, -0.2) is 19.3 Å². The van der Waals surface area contributed by atoms with Gasteiger partial charge in [-0.25, -0.2) is 13.6 Å². The van der Waals surface area contributed by atoms with E-state index in [2.05, 4.69) is 5.32 Å². The summed E-state index contributed by atoms with van der Waals surface area (Å²) < 4.78 is 56.7. The molecule has 2 amide bonds. The van der Waals surface area contributed by atoms with Crippen molar-refractivity contribution in [3.63, 3.8) is 0 Å². The van der Waals surface area contributed by atoms with Crippen molar-refractivity contribution in [2.45, 2.75) is 31.8 Å². The number of urea groups is 1. The first-order valence-electron chi connectivity index (χ1n) is 11.8. The van der Waals surface area contributed by atoms with E-state index in [1.807, 2.05) is 32.0 Å². The first-order valence-corrected chi connectivity index (χ1v) is 13.2. The van der Waals surface area contributed by atoms with Gasteiger partial charge in [0, 0.05) is 18.8 Å². The summed E-state index contributed by atoms with van der Waals surface area (Å²) in [6, 6.07) is 21.8. The van der Waals surface area contributed by atoms with Crippen molar-refractivity contribution < 1.29 is 26.2 Å². The molecule has 0 saturated heterocycles. The fraction of sp³-hybridized carbons (Fsp3) is 0.138. The highest BCUT2D eigenvalue weighted by atomic mass is 32.2. The van der Waals surface area contributed by atoms with E-state index in [0.29, 0.717) is 5.69 Å². The number of nitrogens with one attached hydrogen (secondary N) is 1. The summed E-state index contributed by atoms with van der Waals surface area (Å²) in [6.07, 6.45) is 0. The topological polar surface area (TPSA) is 75.7 Å². The van der Waals surface area contributed by atoms with Crippen LogP contribution < -0.4 is 9.50 Å². The van der Waals surface area contributed by atoms with Gasteiger partial charge in [-0.15, -0.1) is 0 Å². The Morgan fingerprint density at radius 2 is 1.32 bits per heavy atom. The summed E-state index contributed by atoms with van der Waals surface area (Å²) in [6.45, 7) is 4.29. The Morgan fingerprint density at radius 1 is 0.789 bits per heavy atom. The fourth-order valence-corrected chi connectivity index (χ4v) is 4.67. The number of halogens is 2. The molecule has 0 atom stereocenters. The molecule has 0 aliphatic rings. The highest BCUT2D eigenvalue weighted by Gasteiger charge is 2.19. The van der Waals surface area contributed by atoms with Crippen molar-refractivity contribution in [3.8, 4) is 5.75 Å². The number of rotatable bonds is 8. The average Bonchev–Trinajstić information content (AvgIpc) is 2.89. The molecule has 0 bridgehead atoms. The van der Waals surface area contributed by atoms with E-state index in [4.69, 9.17) is 4.18 Å². The first kappa shape index (κ1) is 26.8. The second-order valence-electron chi connectivity index (χ2n) is 8.80. The van der Waals surface area contributed by atoms with Crippen LogP contribution in [0.2, 0.25) is 0 Å². The molecule has 0 radical (unpaired) electrons. The Kier molecular flexibility index (Phi) is 8.07. The minimum atomic E-state index is -4.14. The maximum Gasteiger partial charge on any atom is 0.339 e. The van der Waals surface area contributed by atoms with E-state index in [9.17, 15) is 22.0 Å². The number of hydrogen-bond donors (Lipinski definition) is 1. The summed E-state index contributed by atoms with van der Waals surface area (Å²) in [5, 5.41) is 2.95. The summed E-state index contributed by atoms with van der Waals surface area (Å²) in [5.74, 6) is -0.852. The minimum absolute atomic E-state index is 0.0722. The Morgan fingerprint density at radius 3 is 1.89 bits per heavy atom. The summed E-state index contributed by atoms with van der Waals surface area (Å²) >= 11 is 0. The summed E-state index contributed by atoms with van der Waals surface area (Å²) in [7, 11) is -4.14. The van der Waals surface area contributed by atoms with Gasteiger partial charge in [-0.1, -0.05) is 36.4 Å². The maximum atomic E-state index is 13.4. The van der Waals surface area contributed by atoms with E-state index in [0.717, 1.165) is 46.5 Å². The molecule has 1 N–H and O–H groups in total.